The number of carbonyl (C=O) groups is 1. The molecule has 0 fully saturated rings. The van der Waals surface area contributed by atoms with Gasteiger partial charge in [0, 0.05) is 5.56 Å². The second kappa shape index (κ2) is 6.27. The van der Waals surface area contributed by atoms with Gasteiger partial charge in [0.2, 0.25) is 0 Å². The number of carbonyl (C=O) groups excluding carboxylic acids is 1. The second-order valence-electron chi connectivity index (χ2n) is 5.04. The minimum Gasteiger partial charge on any atom is -0.497 e. The van der Waals surface area contributed by atoms with Gasteiger partial charge in [-0.15, -0.1) is 0 Å². The molecule has 3 aromatic rings. The van der Waals surface area contributed by atoms with E-state index in [-0.39, 0.29) is 5.78 Å². The van der Waals surface area contributed by atoms with Crippen LogP contribution in [0.1, 0.15) is 15.9 Å². The second-order valence-corrected chi connectivity index (χ2v) is 5.04. The van der Waals surface area contributed by atoms with E-state index in [9.17, 15) is 4.79 Å². The monoisotopic (exact) mass is 288 g/mol. The van der Waals surface area contributed by atoms with Crippen molar-refractivity contribution in [1.82, 2.24) is 0 Å². The van der Waals surface area contributed by atoms with Gasteiger partial charge in [-0.05, 0) is 40.6 Å². The van der Waals surface area contributed by atoms with E-state index < -0.39 is 0 Å². The SMILES string of the molecule is COc1ccc2cc(/C=C\C(=O)c3ccccc3)ccc2c1. The van der Waals surface area contributed by atoms with Gasteiger partial charge in [-0.2, -0.15) is 0 Å². The van der Waals surface area contributed by atoms with Crippen LogP contribution in [-0.4, -0.2) is 12.9 Å². The average molecular weight is 288 g/mol. The molecule has 0 aliphatic rings. The van der Waals surface area contributed by atoms with Crippen molar-refractivity contribution in [3.05, 3.63) is 83.9 Å². The van der Waals surface area contributed by atoms with Gasteiger partial charge < -0.3 is 4.74 Å². The molecule has 0 heterocycles. The molecule has 3 aromatic carbocycles. The maximum Gasteiger partial charge on any atom is 0.185 e. The number of rotatable bonds is 4. The quantitative estimate of drug-likeness (QED) is 0.512. The normalized spacial score (nSPS) is 11.0. The molecule has 0 amide bonds. The van der Waals surface area contributed by atoms with Crippen molar-refractivity contribution in [2.45, 2.75) is 0 Å². The van der Waals surface area contributed by atoms with Crippen LogP contribution in [0.3, 0.4) is 0 Å². The Morgan fingerprint density at radius 2 is 1.64 bits per heavy atom. The summed E-state index contributed by atoms with van der Waals surface area (Å²) in [4.78, 5) is 12.1. The Hall–Kier alpha value is -2.87. The van der Waals surface area contributed by atoms with Crippen LogP contribution in [0.15, 0.2) is 72.8 Å². The van der Waals surface area contributed by atoms with E-state index in [0.29, 0.717) is 5.56 Å². The summed E-state index contributed by atoms with van der Waals surface area (Å²) in [7, 11) is 1.66. The molecule has 22 heavy (non-hydrogen) atoms. The van der Waals surface area contributed by atoms with Crippen LogP contribution in [0, 0.1) is 0 Å². The molecule has 0 N–H and O–H groups in total. The summed E-state index contributed by atoms with van der Waals surface area (Å²) in [6.07, 6.45) is 3.46. The van der Waals surface area contributed by atoms with Crippen molar-refractivity contribution in [3.8, 4) is 5.75 Å². The van der Waals surface area contributed by atoms with Crippen LogP contribution in [0.4, 0.5) is 0 Å². The lowest BCUT2D eigenvalue weighted by Gasteiger charge is -2.03. The third-order valence-electron chi connectivity index (χ3n) is 3.56. The van der Waals surface area contributed by atoms with Gasteiger partial charge in [0.05, 0.1) is 7.11 Å². The van der Waals surface area contributed by atoms with Crippen molar-refractivity contribution in [1.29, 1.82) is 0 Å². The van der Waals surface area contributed by atoms with Crippen LogP contribution >= 0.6 is 0 Å². The summed E-state index contributed by atoms with van der Waals surface area (Å²) in [6.45, 7) is 0. The zero-order valence-electron chi connectivity index (χ0n) is 12.3. The molecule has 0 radical (unpaired) electrons. The molecule has 0 saturated heterocycles. The van der Waals surface area contributed by atoms with Crippen LogP contribution in [-0.2, 0) is 0 Å². The average Bonchev–Trinajstić information content (AvgIpc) is 2.59. The molecule has 0 aliphatic heterocycles. The number of allylic oxidation sites excluding steroid dienone is 1. The van der Waals surface area contributed by atoms with E-state index in [1.54, 1.807) is 13.2 Å². The first kappa shape index (κ1) is 14.1. The minimum absolute atomic E-state index is 0.00966. The van der Waals surface area contributed by atoms with E-state index in [0.717, 1.165) is 22.1 Å². The van der Waals surface area contributed by atoms with Gasteiger partial charge in [0.25, 0.3) is 0 Å². The molecule has 0 bridgehead atoms. The lowest BCUT2D eigenvalue weighted by Crippen LogP contribution is -1.92. The summed E-state index contributed by atoms with van der Waals surface area (Å²) in [5.74, 6) is 0.852. The summed E-state index contributed by atoms with van der Waals surface area (Å²) in [6, 6.07) is 21.3. The van der Waals surface area contributed by atoms with Crippen LogP contribution < -0.4 is 4.74 Å². The number of benzene rings is 3. The first-order valence-corrected chi connectivity index (χ1v) is 7.11. The largest absolute Gasteiger partial charge is 0.497 e. The van der Waals surface area contributed by atoms with Gasteiger partial charge in [0.15, 0.2) is 5.78 Å². The summed E-state index contributed by atoms with van der Waals surface area (Å²) >= 11 is 0. The zero-order chi connectivity index (χ0) is 15.4. The van der Waals surface area contributed by atoms with Gasteiger partial charge in [-0.1, -0.05) is 54.6 Å². The fourth-order valence-corrected chi connectivity index (χ4v) is 2.34. The number of hydrogen-bond donors (Lipinski definition) is 0. The van der Waals surface area contributed by atoms with E-state index in [2.05, 4.69) is 6.07 Å². The number of ether oxygens (including phenoxy) is 1. The van der Waals surface area contributed by atoms with Crippen LogP contribution in [0.25, 0.3) is 16.8 Å². The first-order chi connectivity index (χ1) is 10.8. The predicted molar refractivity (Wildman–Crippen MR) is 90.3 cm³/mol. The van der Waals surface area contributed by atoms with Crippen LogP contribution in [0.5, 0.6) is 5.75 Å². The molecule has 108 valence electrons. The molecule has 2 heteroatoms. The van der Waals surface area contributed by atoms with Crippen molar-refractivity contribution in [3.63, 3.8) is 0 Å². The molecular weight excluding hydrogens is 272 g/mol. The number of methoxy groups -OCH3 is 1. The lowest BCUT2D eigenvalue weighted by atomic mass is 10.1. The van der Waals surface area contributed by atoms with Crippen molar-refractivity contribution in [2.75, 3.05) is 7.11 Å². The molecule has 3 rings (SSSR count). The lowest BCUT2D eigenvalue weighted by molar-refractivity contribution is 0.104. The highest BCUT2D eigenvalue weighted by atomic mass is 16.5. The van der Waals surface area contributed by atoms with Gasteiger partial charge >= 0.3 is 0 Å². The Balaban J connectivity index is 1.85. The Kier molecular flexibility index (Phi) is 4.01. The standard InChI is InChI=1S/C20H16O2/c1-22-19-11-10-17-13-15(7-9-18(17)14-19)8-12-20(21)16-5-3-2-4-6-16/h2-14H,1H3/b12-8-. The summed E-state index contributed by atoms with van der Waals surface area (Å²) in [5, 5.41) is 2.24. The number of fused-ring (bicyclic) bond motifs is 1. The van der Waals surface area contributed by atoms with E-state index in [4.69, 9.17) is 4.74 Å². The Bertz CT molecular complexity index is 833. The molecule has 0 atom stereocenters. The van der Waals surface area contributed by atoms with Crippen LogP contribution in [0.2, 0.25) is 0 Å². The maximum atomic E-state index is 12.1. The number of ketones is 1. The summed E-state index contributed by atoms with van der Waals surface area (Å²) < 4.78 is 5.22. The smallest absolute Gasteiger partial charge is 0.185 e. The highest BCUT2D eigenvalue weighted by Crippen LogP contribution is 2.22. The van der Waals surface area contributed by atoms with Crippen molar-refractivity contribution in [2.24, 2.45) is 0 Å². The fraction of sp³-hybridized carbons (Fsp3) is 0.0500. The predicted octanol–water partition coefficient (Wildman–Crippen LogP) is 4.74. The molecule has 0 aromatic heterocycles. The molecular formula is C20H16O2. The van der Waals surface area contributed by atoms with Gasteiger partial charge in [0.1, 0.15) is 5.75 Å². The van der Waals surface area contributed by atoms with Gasteiger partial charge in [-0.25, -0.2) is 0 Å². The molecule has 0 unspecified atom stereocenters. The summed E-state index contributed by atoms with van der Waals surface area (Å²) in [5.41, 5.74) is 1.70. The Labute approximate surface area is 129 Å². The highest BCUT2D eigenvalue weighted by molar-refractivity contribution is 6.06. The zero-order valence-corrected chi connectivity index (χ0v) is 12.3. The van der Waals surface area contributed by atoms with Crippen molar-refractivity contribution >= 4 is 22.6 Å². The molecule has 0 aliphatic carbocycles. The first-order valence-electron chi connectivity index (χ1n) is 7.11. The van der Waals surface area contributed by atoms with E-state index in [1.165, 1.54) is 0 Å². The van der Waals surface area contributed by atoms with E-state index >= 15 is 0 Å². The van der Waals surface area contributed by atoms with Gasteiger partial charge in [-0.3, -0.25) is 4.79 Å². The molecule has 0 spiro atoms. The Morgan fingerprint density at radius 1 is 0.909 bits per heavy atom. The third-order valence-corrected chi connectivity index (χ3v) is 3.56. The topological polar surface area (TPSA) is 26.3 Å². The Morgan fingerprint density at radius 3 is 2.41 bits per heavy atom. The minimum atomic E-state index is 0.00966. The molecule has 2 nitrogen and oxygen atoms in total. The highest BCUT2D eigenvalue weighted by Gasteiger charge is 2.00. The van der Waals surface area contributed by atoms with Crippen molar-refractivity contribution < 1.29 is 9.53 Å². The number of hydrogen-bond acceptors (Lipinski definition) is 2. The molecule has 0 saturated carbocycles. The van der Waals surface area contributed by atoms with E-state index in [1.807, 2.05) is 66.7 Å². The fourth-order valence-electron chi connectivity index (χ4n) is 2.34. The maximum absolute atomic E-state index is 12.1. The third kappa shape index (κ3) is 3.07.